The lowest BCUT2D eigenvalue weighted by Gasteiger charge is -2.16. The Hall–Kier alpha value is -12.0. The number of nitrogens with zero attached hydrogens (tertiary/aromatic N) is 10. The second-order valence-electron chi connectivity index (χ2n) is 21.0. The van der Waals surface area contributed by atoms with E-state index in [-0.39, 0.29) is 0 Å². The van der Waals surface area contributed by atoms with Gasteiger partial charge in [-0.3, -0.25) is 0 Å². The topological polar surface area (TPSA) is 134 Å². The Bertz CT molecular complexity index is 4860. The van der Waals surface area contributed by atoms with E-state index in [1.54, 1.807) is 0 Å². The monoisotopic (exact) mass is 1100 g/mol. The Kier molecular flexibility index (Phi) is 12.2. The van der Waals surface area contributed by atoms with E-state index in [1.165, 1.54) is 0 Å². The summed E-state index contributed by atoms with van der Waals surface area (Å²) >= 11 is 0. The van der Waals surface area contributed by atoms with Crippen LogP contribution in [0.2, 0.25) is 0 Å². The number of aromatic nitrogens is 10. The molecule has 0 fully saturated rings. The van der Waals surface area contributed by atoms with E-state index in [4.69, 9.17) is 49.3 Å². The SMILES string of the molecule is c1ccc(-c2nc(-c3ccccc3)nc(-c3ccc4c(c3)c3cc(-c5nc(-c6ccccc6)nc(-c6ccccc6)n5)ccc3n4-c3ccc(-c4ccc5c(c4)oc4ccccc45)cc3-c3nc(-c4ccccc4)nc(-c4ccccc4)n3)n2)cc1. The molecule has 16 rings (SSSR count). The third-order valence-electron chi connectivity index (χ3n) is 15.6. The molecule has 0 atom stereocenters. The molecule has 5 heterocycles. The fourth-order valence-corrected chi connectivity index (χ4v) is 11.4. The lowest BCUT2D eigenvalue weighted by molar-refractivity contribution is 0.669. The minimum absolute atomic E-state index is 0.502. The van der Waals surface area contributed by atoms with Crippen molar-refractivity contribution in [1.82, 2.24) is 49.4 Å². The van der Waals surface area contributed by atoms with Crippen LogP contribution in [0, 0.1) is 0 Å². The number of fused-ring (bicyclic) bond motifs is 6. The molecule has 0 spiro atoms. The quantitative estimate of drug-likeness (QED) is 0.123. The van der Waals surface area contributed by atoms with Crippen molar-refractivity contribution >= 4 is 43.7 Å². The lowest BCUT2D eigenvalue weighted by Crippen LogP contribution is -2.04. The largest absolute Gasteiger partial charge is 0.456 e. The zero-order chi connectivity index (χ0) is 56.9. The van der Waals surface area contributed by atoms with Gasteiger partial charge in [-0.2, -0.15) is 0 Å². The summed E-state index contributed by atoms with van der Waals surface area (Å²) in [5.41, 5.74) is 13.9. The molecule has 0 aliphatic rings. The van der Waals surface area contributed by atoms with Gasteiger partial charge < -0.3 is 8.98 Å². The first-order chi connectivity index (χ1) is 42.6. The summed E-state index contributed by atoms with van der Waals surface area (Å²) in [7, 11) is 0. The Morgan fingerprint density at radius 2 is 0.523 bits per heavy atom. The van der Waals surface area contributed by atoms with Crippen molar-refractivity contribution in [3.05, 3.63) is 279 Å². The Labute approximate surface area is 493 Å². The summed E-state index contributed by atoms with van der Waals surface area (Å²) in [6, 6.07) is 94.4. The molecule has 0 bridgehead atoms. The standard InChI is InChI=1S/C75H46N10O/c1-7-21-47(22-8-1)67-76-68(48-23-9-2-10-24-48)80-73(79-67)55-37-41-62-59(44-55)60-45-56(74-81-69(49-25-11-3-12-26-49)77-70(82-74)50-27-13-4-14-28-50)38-42-63(60)85(62)64-40-36-53(54-35-39-58-57-33-19-20-34-65(57)86-66(58)46-54)43-61(64)75-83-71(51-29-15-5-16-30-51)78-72(84-75)52-31-17-6-18-32-52/h1-46H. The zero-order valence-electron chi connectivity index (χ0n) is 45.9. The van der Waals surface area contributed by atoms with Crippen molar-refractivity contribution in [2.45, 2.75) is 0 Å². The maximum Gasteiger partial charge on any atom is 0.166 e. The van der Waals surface area contributed by atoms with Gasteiger partial charge in [0, 0.05) is 71.6 Å². The third kappa shape index (κ3) is 9.18. The molecule has 11 heteroatoms. The van der Waals surface area contributed by atoms with Crippen molar-refractivity contribution in [3.8, 4) is 119 Å². The van der Waals surface area contributed by atoms with Crippen LogP contribution in [-0.4, -0.2) is 49.4 Å². The summed E-state index contributed by atoms with van der Waals surface area (Å²) in [5.74, 6) is 4.97. The smallest absolute Gasteiger partial charge is 0.166 e. The zero-order valence-corrected chi connectivity index (χ0v) is 45.9. The highest BCUT2D eigenvalue weighted by atomic mass is 16.3. The molecule has 0 saturated carbocycles. The number of para-hydroxylation sites is 1. The van der Waals surface area contributed by atoms with Gasteiger partial charge in [0.15, 0.2) is 52.4 Å². The number of hydrogen-bond donors (Lipinski definition) is 0. The van der Waals surface area contributed by atoms with E-state index in [0.29, 0.717) is 52.4 Å². The highest BCUT2D eigenvalue weighted by Crippen LogP contribution is 2.42. The minimum Gasteiger partial charge on any atom is -0.456 e. The molecule has 16 aromatic rings. The highest BCUT2D eigenvalue weighted by molar-refractivity contribution is 6.12. The molecule has 11 nitrogen and oxygen atoms in total. The van der Waals surface area contributed by atoms with Crippen molar-refractivity contribution in [2.75, 3.05) is 0 Å². The van der Waals surface area contributed by atoms with Crippen molar-refractivity contribution in [1.29, 1.82) is 0 Å². The maximum atomic E-state index is 6.48. The van der Waals surface area contributed by atoms with Crippen LogP contribution in [0.15, 0.2) is 283 Å². The molecule has 402 valence electrons. The predicted molar refractivity (Wildman–Crippen MR) is 343 cm³/mol. The number of rotatable bonds is 11. The van der Waals surface area contributed by atoms with E-state index in [0.717, 1.165) is 111 Å². The predicted octanol–water partition coefficient (Wildman–Crippen LogP) is 17.9. The van der Waals surface area contributed by atoms with Crippen LogP contribution in [0.25, 0.3) is 163 Å². The molecule has 0 radical (unpaired) electrons. The van der Waals surface area contributed by atoms with Crippen LogP contribution in [0.3, 0.4) is 0 Å². The Morgan fingerprint density at radius 1 is 0.209 bits per heavy atom. The van der Waals surface area contributed by atoms with Gasteiger partial charge in [-0.15, -0.1) is 0 Å². The number of furan rings is 1. The molecule has 0 aliphatic heterocycles. The molecule has 0 saturated heterocycles. The van der Waals surface area contributed by atoms with Gasteiger partial charge in [0.1, 0.15) is 11.2 Å². The average molecular weight is 1100 g/mol. The van der Waals surface area contributed by atoms with Crippen molar-refractivity contribution < 1.29 is 4.42 Å². The maximum absolute atomic E-state index is 6.48. The highest BCUT2D eigenvalue weighted by Gasteiger charge is 2.24. The van der Waals surface area contributed by atoms with Crippen LogP contribution < -0.4 is 0 Å². The molecule has 0 aliphatic carbocycles. The van der Waals surface area contributed by atoms with Crippen LogP contribution in [0.4, 0.5) is 0 Å². The van der Waals surface area contributed by atoms with Gasteiger partial charge in [-0.05, 0) is 77.9 Å². The van der Waals surface area contributed by atoms with E-state index in [1.807, 2.05) is 200 Å². The first kappa shape index (κ1) is 49.8. The van der Waals surface area contributed by atoms with Crippen LogP contribution in [-0.2, 0) is 0 Å². The molecule has 86 heavy (non-hydrogen) atoms. The molecule has 5 aromatic heterocycles. The van der Waals surface area contributed by atoms with Crippen LogP contribution in [0.5, 0.6) is 0 Å². The molecular weight excluding hydrogens is 1060 g/mol. The van der Waals surface area contributed by atoms with E-state index in [9.17, 15) is 0 Å². The Morgan fingerprint density at radius 3 is 0.930 bits per heavy atom. The minimum atomic E-state index is 0.502. The number of benzene rings is 11. The van der Waals surface area contributed by atoms with Gasteiger partial charge >= 0.3 is 0 Å². The normalized spacial score (nSPS) is 11.5. The molecule has 0 N–H and O–H groups in total. The van der Waals surface area contributed by atoms with Crippen LogP contribution in [0.1, 0.15) is 0 Å². The number of hydrogen-bond acceptors (Lipinski definition) is 10. The van der Waals surface area contributed by atoms with Crippen LogP contribution >= 0.6 is 0 Å². The first-order valence-corrected chi connectivity index (χ1v) is 28.3. The molecular formula is C75H46N10O. The van der Waals surface area contributed by atoms with E-state index >= 15 is 0 Å². The van der Waals surface area contributed by atoms with E-state index in [2.05, 4.69) is 83.4 Å². The fraction of sp³-hybridized carbons (Fsp3) is 0. The summed E-state index contributed by atoms with van der Waals surface area (Å²) < 4.78 is 8.79. The lowest BCUT2D eigenvalue weighted by atomic mass is 9.99. The van der Waals surface area contributed by atoms with Gasteiger partial charge in [0.05, 0.1) is 16.7 Å². The second kappa shape index (κ2) is 21.1. The summed E-state index contributed by atoms with van der Waals surface area (Å²) in [6.07, 6.45) is 0. The summed E-state index contributed by atoms with van der Waals surface area (Å²) in [4.78, 5) is 46.8. The third-order valence-corrected chi connectivity index (χ3v) is 15.6. The first-order valence-electron chi connectivity index (χ1n) is 28.3. The molecule has 0 unspecified atom stereocenters. The Balaban J connectivity index is 0.962. The molecule has 11 aromatic carbocycles. The van der Waals surface area contributed by atoms with Gasteiger partial charge in [-0.25, -0.2) is 44.9 Å². The van der Waals surface area contributed by atoms with E-state index < -0.39 is 0 Å². The summed E-state index contributed by atoms with van der Waals surface area (Å²) in [6.45, 7) is 0. The summed E-state index contributed by atoms with van der Waals surface area (Å²) in [5, 5.41) is 4.01. The fourth-order valence-electron chi connectivity index (χ4n) is 11.4. The second-order valence-corrected chi connectivity index (χ2v) is 21.0. The van der Waals surface area contributed by atoms with Crippen molar-refractivity contribution in [2.24, 2.45) is 0 Å². The van der Waals surface area contributed by atoms with Crippen molar-refractivity contribution in [3.63, 3.8) is 0 Å². The van der Waals surface area contributed by atoms with Gasteiger partial charge in [0.2, 0.25) is 0 Å². The molecule has 0 amide bonds. The average Bonchev–Trinajstić information content (AvgIpc) is 1.99. The van der Waals surface area contributed by atoms with Gasteiger partial charge in [0.25, 0.3) is 0 Å². The van der Waals surface area contributed by atoms with Gasteiger partial charge in [-0.1, -0.05) is 212 Å².